The Balaban J connectivity index is 1.98. The number of hydrogen-bond donors (Lipinski definition) is 4. The molecule has 5 heteroatoms. The van der Waals surface area contributed by atoms with Crippen molar-refractivity contribution in [1.29, 1.82) is 5.41 Å². The number of nitrogens with one attached hydrogen (secondary N) is 4. The van der Waals surface area contributed by atoms with E-state index in [9.17, 15) is 4.79 Å². The average Bonchev–Trinajstić information content (AvgIpc) is 3.06. The third-order valence-corrected chi connectivity index (χ3v) is 6.38. The van der Waals surface area contributed by atoms with E-state index in [4.69, 9.17) is 5.41 Å². The minimum atomic E-state index is -0.110. The van der Waals surface area contributed by atoms with E-state index in [-0.39, 0.29) is 17.7 Å². The third kappa shape index (κ3) is 5.47. The summed E-state index contributed by atoms with van der Waals surface area (Å²) in [5.41, 5.74) is 8.00. The molecule has 0 spiro atoms. The fraction of sp³-hybridized carbons (Fsp3) is 0.429. The van der Waals surface area contributed by atoms with E-state index >= 15 is 0 Å². The molecule has 4 N–H and O–H groups in total. The number of hydrogen-bond acceptors (Lipinski definition) is 3. The van der Waals surface area contributed by atoms with Crippen LogP contribution in [0.3, 0.4) is 0 Å². The molecule has 33 heavy (non-hydrogen) atoms. The number of amides is 1. The number of benzene rings is 1. The van der Waals surface area contributed by atoms with Crippen molar-refractivity contribution in [2.75, 3.05) is 0 Å². The number of carbonyl (C=O) groups is 1. The van der Waals surface area contributed by atoms with Gasteiger partial charge in [-0.2, -0.15) is 0 Å². The summed E-state index contributed by atoms with van der Waals surface area (Å²) in [6, 6.07) is 7.03. The van der Waals surface area contributed by atoms with Crippen LogP contribution in [0.15, 0.2) is 64.7 Å². The second-order valence-electron chi connectivity index (χ2n) is 9.42. The molecular formula is C28H38N4O. The first kappa shape index (κ1) is 24.6. The molecule has 1 aliphatic carbocycles. The predicted molar refractivity (Wildman–Crippen MR) is 137 cm³/mol. The maximum Gasteiger partial charge on any atom is 0.258 e. The molecule has 2 unspecified atom stereocenters. The van der Waals surface area contributed by atoms with Crippen molar-refractivity contribution in [3.63, 3.8) is 0 Å². The molecule has 2 atom stereocenters. The van der Waals surface area contributed by atoms with Crippen molar-refractivity contribution >= 4 is 11.7 Å². The van der Waals surface area contributed by atoms with Crippen molar-refractivity contribution in [3.8, 4) is 0 Å². The zero-order valence-corrected chi connectivity index (χ0v) is 21.0. The van der Waals surface area contributed by atoms with Crippen molar-refractivity contribution in [2.24, 2.45) is 5.92 Å². The van der Waals surface area contributed by atoms with Gasteiger partial charge in [-0.05, 0) is 76.1 Å². The highest BCUT2D eigenvalue weighted by Gasteiger charge is 2.35. The van der Waals surface area contributed by atoms with Crippen LogP contribution in [0.5, 0.6) is 0 Å². The highest BCUT2D eigenvalue weighted by Crippen LogP contribution is 2.42. The smallest absolute Gasteiger partial charge is 0.258 e. The number of rotatable bonds is 7. The molecule has 5 nitrogen and oxygen atoms in total. The first-order chi connectivity index (χ1) is 15.6. The molecule has 1 saturated heterocycles. The Hall–Kier alpha value is -3.08. The summed E-state index contributed by atoms with van der Waals surface area (Å²) in [6.45, 7) is 14.5. The number of carbonyl (C=O) groups excluding carboxylic acids is 1. The van der Waals surface area contributed by atoms with Crippen molar-refractivity contribution in [1.82, 2.24) is 16.0 Å². The van der Waals surface area contributed by atoms with Gasteiger partial charge >= 0.3 is 0 Å². The average molecular weight is 447 g/mol. The molecule has 0 aromatic heterocycles. The van der Waals surface area contributed by atoms with E-state index in [1.54, 1.807) is 6.08 Å². The van der Waals surface area contributed by atoms with E-state index < -0.39 is 0 Å². The van der Waals surface area contributed by atoms with E-state index in [1.165, 1.54) is 16.7 Å². The number of allylic oxidation sites excluding steroid dienone is 5. The molecule has 1 aliphatic heterocycles. The number of amidine groups is 1. The summed E-state index contributed by atoms with van der Waals surface area (Å²) in [4.78, 5) is 12.9. The summed E-state index contributed by atoms with van der Waals surface area (Å²) in [6.07, 6.45) is 8.23. The van der Waals surface area contributed by atoms with Gasteiger partial charge in [-0.25, -0.2) is 0 Å². The van der Waals surface area contributed by atoms with Crippen LogP contribution < -0.4 is 16.0 Å². The standard InChI is InChI=1S/C28H38N4O/c1-8-20-11-10-17(5)22(13-20)23-15-24-25(14-21(23)9-2)32-28(33)27(24)19(7)31-26(29)12-18(6)30-16(3)4/h10-16,21,23,30H,8-9H2,1-7H3,(H2,29,31)(H,32,33)/b18-12-,27-19-. The molecule has 1 amide bonds. The van der Waals surface area contributed by atoms with E-state index in [2.05, 4.69) is 80.9 Å². The molecule has 2 aliphatic rings. The highest BCUT2D eigenvalue weighted by molar-refractivity contribution is 6.06. The Bertz CT molecular complexity index is 1070. The van der Waals surface area contributed by atoms with Gasteiger partial charge in [0.05, 0.1) is 5.57 Å². The van der Waals surface area contributed by atoms with Crippen LogP contribution in [0.1, 0.15) is 70.6 Å². The zero-order chi connectivity index (χ0) is 24.3. The fourth-order valence-electron chi connectivity index (χ4n) is 4.78. The van der Waals surface area contributed by atoms with Crippen LogP contribution in [0.25, 0.3) is 0 Å². The van der Waals surface area contributed by atoms with Crippen LogP contribution in [0.4, 0.5) is 0 Å². The Kier molecular flexibility index (Phi) is 7.62. The molecule has 1 aromatic rings. The Labute approximate surface area is 198 Å². The molecule has 176 valence electrons. The van der Waals surface area contributed by atoms with Gasteiger partial charge in [0.15, 0.2) is 0 Å². The monoisotopic (exact) mass is 446 g/mol. The summed E-state index contributed by atoms with van der Waals surface area (Å²) in [5, 5.41) is 17.8. The Morgan fingerprint density at radius 1 is 1.21 bits per heavy atom. The van der Waals surface area contributed by atoms with E-state index in [0.717, 1.165) is 29.8 Å². The van der Waals surface area contributed by atoms with Gasteiger partial charge in [-0.3, -0.25) is 10.2 Å². The van der Waals surface area contributed by atoms with Crippen molar-refractivity contribution in [2.45, 2.75) is 73.3 Å². The SMILES string of the molecule is CCc1ccc(C)c(C2C=C3C(=CC2CC)NC(=O)/C3=C(/C)NC(=N)/C=C(/C)NC(C)C)c1. The lowest BCUT2D eigenvalue weighted by Crippen LogP contribution is -2.25. The highest BCUT2D eigenvalue weighted by atomic mass is 16.2. The van der Waals surface area contributed by atoms with Crippen LogP contribution in [0, 0.1) is 18.3 Å². The van der Waals surface area contributed by atoms with Gasteiger partial charge in [0.1, 0.15) is 5.84 Å². The van der Waals surface area contributed by atoms with Gasteiger partial charge in [-0.15, -0.1) is 0 Å². The molecule has 0 saturated carbocycles. The van der Waals surface area contributed by atoms with E-state index in [0.29, 0.717) is 23.2 Å². The van der Waals surface area contributed by atoms with Gasteiger partial charge < -0.3 is 16.0 Å². The van der Waals surface area contributed by atoms with Gasteiger partial charge in [0.2, 0.25) is 0 Å². The summed E-state index contributed by atoms with van der Waals surface area (Å²) < 4.78 is 0. The number of fused-ring (bicyclic) bond motifs is 1. The number of aryl methyl sites for hydroxylation is 2. The second kappa shape index (κ2) is 10.2. The molecule has 0 radical (unpaired) electrons. The maximum atomic E-state index is 12.9. The summed E-state index contributed by atoms with van der Waals surface area (Å²) in [7, 11) is 0. The molecular weight excluding hydrogens is 408 g/mol. The summed E-state index contributed by atoms with van der Waals surface area (Å²) in [5.74, 6) is 0.684. The molecule has 0 bridgehead atoms. The van der Waals surface area contributed by atoms with Crippen molar-refractivity contribution < 1.29 is 4.79 Å². The Morgan fingerprint density at radius 3 is 2.58 bits per heavy atom. The lowest BCUT2D eigenvalue weighted by molar-refractivity contribution is -0.115. The van der Waals surface area contributed by atoms with Crippen LogP contribution in [-0.2, 0) is 11.2 Å². The van der Waals surface area contributed by atoms with Gasteiger partial charge in [0, 0.05) is 34.6 Å². The lowest BCUT2D eigenvalue weighted by atomic mass is 9.76. The fourth-order valence-corrected chi connectivity index (χ4v) is 4.78. The van der Waals surface area contributed by atoms with Crippen LogP contribution in [-0.4, -0.2) is 17.8 Å². The van der Waals surface area contributed by atoms with Gasteiger partial charge in [-0.1, -0.05) is 44.2 Å². The lowest BCUT2D eigenvalue weighted by Gasteiger charge is -2.28. The quantitative estimate of drug-likeness (QED) is 0.259. The third-order valence-electron chi connectivity index (χ3n) is 6.38. The van der Waals surface area contributed by atoms with Crippen molar-refractivity contribution in [3.05, 3.63) is 81.4 Å². The predicted octanol–water partition coefficient (Wildman–Crippen LogP) is 5.36. The first-order valence-electron chi connectivity index (χ1n) is 12.0. The molecule has 1 fully saturated rings. The topological polar surface area (TPSA) is 77.0 Å². The normalized spacial score (nSPS) is 21.8. The van der Waals surface area contributed by atoms with Gasteiger partial charge in [0.25, 0.3) is 5.91 Å². The van der Waals surface area contributed by atoms with E-state index in [1.807, 2.05) is 13.8 Å². The largest absolute Gasteiger partial charge is 0.386 e. The Morgan fingerprint density at radius 2 is 1.94 bits per heavy atom. The maximum absolute atomic E-state index is 12.9. The summed E-state index contributed by atoms with van der Waals surface area (Å²) >= 11 is 0. The second-order valence-corrected chi connectivity index (χ2v) is 9.42. The molecule has 1 heterocycles. The van der Waals surface area contributed by atoms with Crippen LogP contribution in [0.2, 0.25) is 0 Å². The van der Waals surface area contributed by atoms with Crippen LogP contribution >= 0.6 is 0 Å². The zero-order valence-electron chi connectivity index (χ0n) is 21.0. The minimum Gasteiger partial charge on any atom is -0.386 e. The molecule has 3 rings (SSSR count). The minimum absolute atomic E-state index is 0.110. The molecule has 1 aromatic carbocycles. The first-order valence-corrected chi connectivity index (χ1v) is 12.0.